The smallest absolute Gasteiger partial charge is 0.138 e. The molecule has 1 aliphatic rings. The van der Waals surface area contributed by atoms with E-state index in [9.17, 15) is 0 Å². The number of nitrogens with one attached hydrogen (secondary N) is 1. The molecule has 7 heteroatoms. The van der Waals surface area contributed by atoms with Gasteiger partial charge in [-0.05, 0) is 5.56 Å². The number of aliphatic imine (C=N–C) groups is 1. The molecule has 2 heterocycles. The molecule has 0 aliphatic carbocycles. The van der Waals surface area contributed by atoms with Crippen LogP contribution < -0.4 is 5.43 Å². The van der Waals surface area contributed by atoms with Gasteiger partial charge in [-0.25, -0.2) is 15.1 Å². The summed E-state index contributed by atoms with van der Waals surface area (Å²) in [6.07, 6.45) is 4.90. The number of benzene rings is 1. The molecule has 1 N–H and O–H groups in total. The summed E-state index contributed by atoms with van der Waals surface area (Å²) in [7, 11) is -0.424. The summed E-state index contributed by atoms with van der Waals surface area (Å²) >= 11 is 0. The fraction of sp³-hybridized carbons (Fsp3) is 0.0833. The Kier molecular flexibility index (Phi) is 3.57. The third-order valence-corrected chi connectivity index (χ3v) is 3.86. The summed E-state index contributed by atoms with van der Waals surface area (Å²) in [4.78, 5) is 8.06. The number of hydrogen-bond acceptors (Lipinski definition) is 4. The van der Waals surface area contributed by atoms with Crippen LogP contribution in [0, 0.1) is 0 Å². The highest BCUT2D eigenvalue weighted by Crippen LogP contribution is 2.14. The third kappa shape index (κ3) is 2.83. The molecule has 1 aliphatic heterocycles. The maximum absolute atomic E-state index is 4.43. The van der Waals surface area contributed by atoms with Gasteiger partial charge in [0.25, 0.3) is 0 Å². The molecule has 0 fully saturated rings. The molecule has 19 heavy (non-hydrogen) atoms. The number of hydrogen-bond donors (Lipinski definition) is 1. The normalized spacial score (nSPS) is 17.9. The Morgan fingerprint density at radius 1 is 1.26 bits per heavy atom. The van der Waals surface area contributed by atoms with E-state index < -0.39 is 10.7 Å². The van der Waals surface area contributed by atoms with E-state index >= 15 is 0 Å². The Morgan fingerprint density at radius 3 is 2.95 bits per heavy atom. The lowest BCUT2D eigenvalue weighted by Crippen LogP contribution is -2.09. The van der Waals surface area contributed by atoms with E-state index in [1.807, 2.05) is 18.2 Å². The first-order chi connectivity index (χ1) is 9.43. The summed E-state index contributed by atoms with van der Waals surface area (Å²) in [5.41, 5.74) is 6.07. The molecule has 0 saturated carbocycles. The van der Waals surface area contributed by atoms with Crippen LogP contribution in [0.5, 0.6) is 0 Å². The summed E-state index contributed by atoms with van der Waals surface area (Å²) in [6, 6.07) is 10.1. The standard InChI is InChI=1S/C12H12N6S/c1-2-4-11(5-3-1)6-15-17-19-10-13-7-12(19)18-9-14-8-16-18/h1-5,7-10,15H,6H2. The van der Waals surface area contributed by atoms with E-state index in [0.29, 0.717) is 6.54 Å². The molecular weight excluding hydrogens is 260 g/mol. The molecule has 0 saturated heterocycles. The summed E-state index contributed by atoms with van der Waals surface area (Å²) in [5.74, 6) is 0. The van der Waals surface area contributed by atoms with E-state index in [1.54, 1.807) is 22.8 Å². The quantitative estimate of drug-likeness (QED) is 0.859. The third-order valence-electron chi connectivity index (χ3n) is 2.49. The molecule has 0 bridgehead atoms. The average molecular weight is 272 g/mol. The first-order valence-corrected chi connectivity index (χ1v) is 6.97. The number of nitrogens with zero attached hydrogens (tertiary/aromatic N) is 5. The molecule has 96 valence electrons. The van der Waals surface area contributed by atoms with Crippen LogP contribution in [-0.4, -0.2) is 20.3 Å². The van der Waals surface area contributed by atoms with Gasteiger partial charge in [0.05, 0.1) is 11.7 Å². The molecule has 3 rings (SSSR count). The van der Waals surface area contributed by atoms with Crippen LogP contribution in [0.4, 0.5) is 0 Å². The lowest BCUT2D eigenvalue weighted by molar-refractivity contribution is 0.756. The molecule has 1 aromatic carbocycles. The van der Waals surface area contributed by atoms with E-state index in [-0.39, 0.29) is 0 Å². The highest BCUT2D eigenvalue weighted by molar-refractivity contribution is 8.08. The fourth-order valence-corrected chi connectivity index (χ4v) is 2.68. The van der Waals surface area contributed by atoms with Gasteiger partial charge < -0.3 is 0 Å². The first-order valence-electron chi connectivity index (χ1n) is 5.73. The predicted molar refractivity (Wildman–Crippen MR) is 75.9 cm³/mol. The molecular formula is C12H12N6S. The van der Waals surface area contributed by atoms with Crippen molar-refractivity contribution in [3.8, 4) is 0 Å². The minimum absolute atomic E-state index is 0.424. The predicted octanol–water partition coefficient (Wildman–Crippen LogP) is 1.58. The van der Waals surface area contributed by atoms with Gasteiger partial charge >= 0.3 is 0 Å². The van der Waals surface area contributed by atoms with Crippen molar-refractivity contribution >= 4 is 21.3 Å². The van der Waals surface area contributed by atoms with Crippen LogP contribution in [0.15, 0.2) is 58.7 Å². The zero-order valence-corrected chi connectivity index (χ0v) is 10.9. The SMILES string of the molecule is C1=NC=C(n2cncn2)S1=NNCc1ccccc1. The number of rotatable bonds is 4. The molecule has 1 atom stereocenters. The van der Waals surface area contributed by atoms with Gasteiger partial charge in [0.2, 0.25) is 0 Å². The van der Waals surface area contributed by atoms with Gasteiger partial charge in [-0.15, -0.1) is 0 Å². The van der Waals surface area contributed by atoms with E-state index in [0.717, 1.165) is 5.03 Å². The Bertz CT molecular complexity index is 630. The first kappa shape index (κ1) is 11.9. The molecule has 0 amide bonds. The zero-order valence-electron chi connectivity index (χ0n) is 10.0. The fourth-order valence-electron chi connectivity index (χ4n) is 1.60. The van der Waals surface area contributed by atoms with Crippen molar-refractivity contribution < 1.29 is 0 Å². The average Bonchev–Trinajstić information content (AvgIpc) is 3.10. The van der Waals surface area contributed by atoms with Gasteiger partial charge in [-0.2, -0.15) is 9.57 Å². The Morgan fingerprint density at radius 2 is 2.16 bits per heavy atom. The molecule has 1 aromatic heterocycles. The second kappa shape index (κ2) is 5.68. The van der Waals surface area contributed by atoms with Crippen LogP contribution in [0.3, 0.4) is 0 Å². The molecule has 0 radical (unpaired) electrons. The van der Waals surface area contributed by atoms with Crippen molar-refractivity contribution in [3.05, 3.63) is 54.7 Å². The summed E-state index contributed by atoms with van der Waals surface area (Å²) < 4.78 is 6.11. The molecule has 6 nitrogen and oxygen atoms in total. The zero-order chi connectivity index (χ0) is 12.9. The molecule has 2 aromatic rings. The van der Waals surface area contributed by atoms with Crippen molar-refractivity contribution in [1.82, 2.24) is 20.2 Å². The second-order valence-electron chi connectivity index (χ2n) is 3.79. The lowest BCUT2D eigenvalue weighted by atomic mass is 10.2. The van der Waals surface area contributed by atoms with Gasteiger partial charge in [-0.1, -0.05) is 30.3 Å². The Labute approximate surface area is 113 Å². The summed E-state index contributed by atoms with van der Waals surface area (Å²) in [5, 5.41) is 5.01. The Balaban J connectivity index is 1.67. The van der Waals surface area contributed by atoms with Crippen molar-refractivity contribution in [2.75, 3.05) is 0 Å². The van der Waals surface area contributed by atoms with Crippen molar-refractivity contribution in [2.45, 2.75) is 6.54 Å². The highest BCUT2D eigenvalue weighted by Gasteiger charge is 2.10. The maximum atomic E-state index is 4.43. The van der Waals surface area contributed by atoms with E-state index in [4.69, 9.17) is 0 Å². The van der Waals surface area contributed by atoms with Gasteiger partial charge in [0.1, 0.15) is 17.7 Å². The van der Waals surface area contributed by atoms with Crippen LogP contribution >= 0.6 is 0 Å². The Hall–Kier alpha value is -2.12. The van der Waals surface area contributed by atoms with E-state index in [1.165, 1.54) is 11.9 Å². The largest absolute Gasteiger partial charge is 0.254 e. The summed E-state index contributed by atoms with van der Waals surface area (Å²) in [6.45, 7) is 0.697. The van der Waals surface area contributed by atoms with Gasteiger partial charge in [0, 0.05) is 17.2 Å². The van der Waals surface area contributed by atoms with Crippen LogP contribution in [-0.2, 0) is 17.2 Å². The van der Waals surface area contributed by atoms with Crippen LogP contribution in [0.1, 0.15) is 5.56 Å². The monoisotopic (exact) mass is 272 g/mol. The topological polar surface area (TPSA) is 67.5 Å². The molecule has 0 spiro atoms. The van der Waals surface area contributed by atoms with Crippen molar-refractivity contribution in [3.63, 3.8) is 0 Å². The van der Waals surface area contributed by atoms with Crippen LogP contribution in [0.25, 0.3) is 5.03 Å². The van der Waals surface area contributed by atoms with Gasteiger partial charge in [0.15, 0.2) is 0 Å². The van der Waals surface area contributed by atoms with Crippen LogP contribution in [0.2, 0.25) is 0 Å². The number of aromatic nitrogens is 3. The lowest BCUT2D eigenvalue weighted by Gasteiger charge is -2.04. The minimum atomic E-state index is -0.424. The van der Waals surface area contributed by atoms with Gasteiger partial charge in [-0.3, -0.25) is 4.99 Å². The minimum Gasteiger partial charge on any atom is -0.254 e. The van der Waals surface area contributed by atoms with Crippen molar-refractivity contribution in [1.29, 1.82) is 0 Å². The van der Waals surface area contributed by atoms with E-state index in [2.05, 4.69) is 37.1 Å². The molecule has 1 unspecified atom stereocenters. The van der Waals surface area contributed by atoms with Crippen molar-refractivity contribution in [2.24, 2.45) is 9.46 Å². The highest BCUT2D eigenvalue weighted by atomic mass is 32.2. The second-order valence-corrected chi connectivity index (χ2v) is 5.23. The maximum Gasteiger partial charge on any atom is 0.138 e.